The van der Waals surface area contributed by atoms with Gasteiger partial charge in [-0.1, -0.05) is 24.3 Å². The zero-order valence-electron chi connectivity index (χ0n) is 15.0. The van der Waals surface area contributed by atoms with Gasteiger partial charge in [-0.05, 0) is 54.6 Å². The first kappa shape index (κ1) is 18.0. The number of anilines is 1. The first-order valence-electron chi connectivity index (χ1n) is 8.29. The Hall–Kier alpha value is -2.79. The van der Waals surface area contributed by atoms with Crippen molar-refractivity contribution in [2.24, 2.45) is 0 Å². The van der Waals surface area contributed by atoms with Crippen molar-refractivity contribution in [3.8, 4) is 11.5 Å². The van der Waals surface area contributed by atoms with Crippen LogP contribution in [0, 0.1) is 13.8 Å². The molecule has 3 rings (SSSR count). The number of benzene rings is 2. The maximum atomic E-state index is 12.5. The molecule has 0 bridgehead atoms. The molecule has 1 heterocycles. The van der Waals surface area contributed by atoms with Gasteiger partial charge in [0.25, 0.3) is 5.91 Å². The molecule has 0 saturated carbocycles. The highest BCUT2D eigenvalue weighted by Gasteiger charge is 2.12. The number of hydrogen-bond donors (Lipinski definition) is 1. The molecule has 0 aliphatic carbocycles. The molecule has 1 amide bonds. The van der Waals surface area contributed by atoms with E-state index in [1.54, 1.807) is 7.11 Å². The monoisotopic (exact) mass is 367 g/mol. The molecule has 0 unspecified atom stereocenters. The zero-order chi connectivity index (χ0) is 18.5. The van der Waals surface area contributed by atoms with Gasteiger partial charge in [-0.3, -0.25) is 4.79 Å². The van der Waals surface area contributed by atoms with Gasteiger partial charge in [-0.2, -0.15) is 0 Å². The van der Waals surface area contributed by atoms with Gasteiger partial charge in [0.1, 0.15) is 18.1 Å². The number of rotatable bonds is 6. The van der Waals surface area contributed by atoms with E-state index in [0.717, 1.165) is 16.9 Å². The number of ether oxygens (including phenoxy) is 2. The van der Waals surface area contributed by atoms with Gasteiger partial charge >= 0.3 is 0 Å². The minimum atomic E-state index is -0.155. The Labute approximate surface area is 157 Å². The molecule has 3 aromatic rings. The van der Waals surface area contributed by atoms with E-state index >= 15 is 0 Å². The third-order valence-corrected chi connectivity index (χ3v) is 5.16. The molecule has 4 nitrogen and oxygen atoms in total. The molecule has 0 atom stereocenters. The average Bonchev–Trinajstić information content (AvgIpc) is 3.12. The van der Waals surface area contributed by atoms with E-state index in [-0.39, 0.29) is 5.91 Å². The Kier molecular flexibility index (Phi) is 5.58. The summed E-state index contributed by atoms with van der Waals surface area (Å²) in [6, 6.07) is 15.2. The maximum Gasteiger partial charge on any atom is 0.265 e. The van der Waals surface area contributed by atoms with E-state index in [0.29, 0.717) is 22.9 Å². The summed E-state index contributed by atoms with van der Waals surface area (Å²) in [5, 5.41) is 4.83. The lowest BCUT2D eigenvalue weighted by Gasteiger charge is -2.10. The number of nitrogens with one attached hydrogen (secondary N) is 1. The summed E-state index contributed by atoms with van der Waals surface area (Å²) >= 11 is 1.40. The van der Waals surface area contributed by atoms with Crippen LogP contribution in [0.3, 0.4) is 0 Å². The van der Waals surface area contributed by atoms with Gasteiger partial charge in [0.05, 0.1) is 17.7 Å². The molecule has 134 valence electrons. The van der Waals surface area contributed by atoms with E-state index in [9.17, 15) is 4.79 Å². The molecule has 0 aliphatic rings. The third-order valence-electron chi connectivity index (χ3n) is 4.18. The van der Waals surface area contributed by atoms with E-state index < -0.39 is 0 Å². The molecule has 0 fully saturated rings. The van der Waals surface area contributed by atoms with E-state index in [1.165, 1.54) is 16.9 Å². The average molecular weight is 367 g/mol. The molecule has 0 saturated heterocycles. The lowest BCUT2D eigenvalue weighted by atomic mass is 10.1. The topological polar surface area (TPSA) is 47.6 Å². The normalized spacial score (nSPS) is 10.4. The van der Waals surface area contributed by atoms with Crippen molar-refractivity contribution in [3.63, 3.8) is 0 Å². The van der Waals surface area contributed by atoms with Crippen LogP contribution in [0.2, 0.25) is 0 Å². The summed E-state index contributed by atoms with van der Waals surface area (Å²) in [5.74, 6) is 1.35. The molecule has 1 N–H and O–H groups in total. The van der Waals surface area contributed by atoms with Crippen molar-refractivity contribution < 1.29 is 14.3 Å². The van der Waals surface area contributed by atoms with Gasteiger partial charge < -0.3 is 14.8 Å². The largest absolute Gasteiger partial charge is 0.495 e. The van der Waals surface area contributed by atoms with Crippen LogP contribution in [0.1, 0.15) is 26.4 Å². The van der Waals surface area contributed by atoms with Crippen molar-refractivity contribution in [1.82, 2.24) is 0 Å². The summed E-state index contributed by atoms with van der Waals surface area (Å²) in [5.41, 5.74) is 3.96. The number of carbonyl (C=O) groups is 1. The zero-order valence-corrected chi connectivity index (χ0v) is 15.9. The molecular formula is C21H21NO3S. The van der Waals surface area contributed by atoms with Crippen LogP contribution in [0.5, 0.6) is 11.5 Å². The Morgan fingerprint density at radius 3 is 2.65 bits per heavy atom. The number of hydrogen-bond acceptors (Lipinski definition) is 4. The smallest absolute Gasteiger partial charge is 0.265 e. The second-order valence-corrected chi connectivity index (χ2v) is 6.87. The summed E-state index contributed by atoms with van der Waals surface area (Å²) in [7, 11) is 1.58. The molecule has 0 radical (unpaired) electrons. The fraction of sp³-hybridized carbons (Fsp3) is 0.190. The van der Waals surface area contributed by atoms with Crippen molar-refractivity contribution in [2.75, 3.05) is 12.4 Å². The van der Waals surface area contributed by atoms with Crippen LogP contribution >= 0.6 is 11.3 Å². The minimum Gasteiger partial charge on any atom is -0.495 e. The molecule has 2 aromatic carbocycles. The lowest BCUT2D eigenvalue weighted by Crippen LogP contribution is -2.11. The van der Waals surface area contributed by atoms with Crippen molar-refractivity contribution in [1.29, 1.82) is 0 Å². The second-order valence-electron chi connectivity index (χ2n) is 5.96. The van der Waals surface area contributed by atoms with Crippen LogP contribution < -0.4 is 14.8 Å². The van der Waals surface area contributed by atoms with Gasteiger partial charge in [-0.15, -0.1) is 11.3 Å². The minimum absolute atomic E-state index is 0.155. The SMILES string of the molecule is COc1ccccc1NC(=O)c1cc(COc2cccc(C)c2C)cs1. The van der Waals surface area contributed by atoms with Crippen LogP contribution in [-0.2, 0) is 6.61 Å². The van der Waals surface area contributed by atoms with Gasteiger partial charge in [-0.25, -0.2) is 0 Å². The molecule has 0 spiro atoms. The van der Waals surface area contributed by atoms with Crippen LogP contribution in [0.15, 0.2) is 53.9 Å². The molecule has 5 heteroatoms. The summed E-state index contributed by atoms with van der Waals surface area (Å²) in [6.07, 6.45) is 0. The van der Waals surface area contributed by atoms with Crippen molar-refractivity contribution >= 4 is 22.9 Å². The number of methoxy groups -OCH3 is 1. The van der Waals surface area contributed by atoms with Gasteiger partial charge in [0, 0.05) is 5.56 Å². The highest BCUT2D eigenvalue weighted by Crippen LogP contribution is 2.26. The maximum absolute atomic E-state index is 12.5. The Balaban J connectivity index is 1.65. The number of thiophene rings is 1. The Morgan fingerprint density at radius 2 is 1.85 bits per heavy atom. The highest BCUT2D eigenvalue weighted by molar-refractivity contribution is 7.12. The van der Waals surface area contributed by atoms with Gasteiger partial charge in [0.2, 0.25) is 0 Å². The van der Waals surface area contributed by atoms with E-state index in [1.807, 2.05) is 54.8 Å². The van der Waals surface area contributed by atoms with Crippen molar-refractivity contribution in [3.05, 3.63) is 75.5 Å². The predicted octanol–water partition coefficient (Wildman–Crippen LogP) is 5.20. The Morgan fingerprint density at radius 1 is 1.08 bits per heavy atom. The fourth-order valence-corrected chi connectivity index (χ4v) is 3.34. The van der Waals surface area contributed by atoms with E-state index in [2.05, 4.69) is 18.3 Å². The standard InChI is InChI=1S/C21H21NO3S/c1-14-7-6-10-18(15(14)2)25-12-16-11-20(26-13-16)21(23)22-17-8-4-5-9-19(17)24-3/h4-11,13H,12H2,1-3H3,(H,22,23). The van der Waals surface area contributed by atoms with Crippen LogP contribution in [0.25, 0.3) is 0 Å². The van der Waals surface area contributed by atoms with Crippen LogP contribution in [0.4, 0.5) is 5.69 Å². The molecule has 1 aromatic heterocycles. The number of aryl methyl sites for hydroxylation is 1. The first-order chi connectivity index (χ1) is 12.6. The third kappa shape index (κ3) is 4.06. The quantitative estimate of drug-likeness (QED) is 0.651. The fourth-order valence-electron chi connectivity index (χ4n) is 2.54. The summed E-state index contributed by atoms with van der Waals surface area (Å²) in [6.45, 7) is 4.54. The molecular weight excluding hydrogens is 346 g/mol. The number of carbonyl (C=O) groups excluding carboxylic acids is 1. The Bertz CT molecular complexity index is 917. The highest BCUT2D eigenvalue weighted by atomic mass is 32.1. The summed E-state index contributed by atoms with van der Waals surface area (Å²) in [4.78, 5) is 13.1. The lowest BCUT2D eigenvalue weighted by molar-refractivity contribution is 0.103. The van der Waals surface area contributed by atoms with Crippen LogP contribution in [-0.4, -0.2) is 13.0 Å². The van der Waals surface area contributed by atoms with Crippen molar-refractivity contribution in [2.45, 2.75) is 20.5 Å². The molecule has 26 heavy (non-hydrogen) atoms. The number of amides is 1. The van der Waals surface area contributed by atoms with Gasteiger partial charge in [0.15, 0.2) is 0 Å². The summed E-state index contributed by atoms with van der Waals surface area (Å²) < 4.78 is 11.2. The molecule has 0 aliphatic heterocycles. The number of para-hydroxylation sites is 2. The second kappa shape index (κ2) is 8.06. The van der Waals surface area contributed by atoms with E-state index in [4.69, 9.17) is 9.47 Å². The first-order valence-corrected chi connectivity index (χ1v) is 9.17. The predicted molar refractivity (Wildman–Crippen MR) is 106 cm³/mol.